The fourth-order valence-corrected chi connectivity index (χ4v) is 3.87. The molecule has 1 atom stereocenters. The Kier molecular flexibility index (Phi) is 6.69. The van der Waals surface area contributed by atoms with Crippen LogP contribution in [-0.4, -0.2) is 63.1 Å². The van der Waals surface area contributed by atoms with Gasteiger partial charge in [-0.3, -0.25) is 4.79 Å². The highest BCUT2D eigenvalue weighted by atomic mass is 32.1. The van der Waals surface area contributed by atoms with Gasteiger partial charge in [0.25, 0.3) is 0 Å². The molecule has 1 aliphatic heterocycles. The molecule has 3 rings (SSSR count). The molecular weight excluding hydrogens is 374 g/mol. The predicted molar refractivity (Wildman–Crippen MR) is 111 cm³/mol. The van der Waals surface area contributed by atoms with Crippen LogP contribution in [0.15, 0.2) is 18.2 Å². The molecule has 0 aromatic carbocycles. The van der Waals surface area contributed by atoms with E-state index in [-0.39, 0.29) is 11.9 Å². The summed E-state index contributed by atoms with van der Waals surface area (Å²) in [6.07, 6.45) is 6.30. The van der Waals surface area contributed by atoms with E-state index in [1.807, 2.05) is 43.0 Å². The Balaban J connectivity index is 1.77. The SMILES string of the molecule is CCc1nnc(Nc2cc([C@H]3CCCN3C(=O)/C=C/CN(C)C)nc(C)n2)s1. The first-order valence-corrected chi connectivity index (χ1v) is 10.3. The lowest BCUT2D eigenvalue weighted by molar-refractivity contribution is -0.127. The van der Waals surface area contributed by atoms with Crippen LogP contribution in [0.1, 0.15) is 42.3 Å². The molecule has 0 aliphatic carbocycles. The number of aryl methyl sites for hydroxylation is 2. The Morgan fingerprint density at radius 3 is 2.93 bits per heavy atom. The smallest absolute Gasteiger partial charge is 0.246 e. The van der Waals surface area contributed by atoms with Crippen LogP contribution in [-0.2, 0) is 11.2 Å². The van der Waals surface area contributed by atoms with Crippen molar-refractivity contribution in [1.82, 2.24) is 30.0 Å². The van der Waals surface area contributed by atoms with Gasteiger partial charge in [0.1, 0.15) is 16.6 Å². The summed E-state index contributed by atoms with van der Waals surface area (Å²) in [5.41, 5.74) is 0.863. The maximum absolute atomic E-state index is 12.7. The van der Waals surface area contributed by atoms with Crippen molar-refractivity contribution in [3.05, 3.63) is 34.7 Å². The first-order chi connectivity index (χ1) is 13.5. The molecule has 2 aromatic heterocycles. The average Bonchev–Trinajstić information content (AvgIpc) is 3.30. The number of hydrogen-bond acceptors (Lipinski definition) is 8. The van der Waals surface area contributed by atoms with E-state index in [9.17, 15) is 4.79 Å². The third-order valence-corrected chi connectivity index (χ3v) is 5.45. The van der Waals surface area contributed by atoms with Crippen LogP contribution in [0.2, 0.25) is 0 Å². The van der Waals surface area contributed by atoms with E-state index in [2.05, 4.69) is 32.4 Å². The van der Waals surface area contributed by atoms with Crippen LogP contribution in [0, 0.1) is 6.92 Å². The van der Waals surface area contributed by atoms with Crippen LogP contribution in [0.25, 0.3) is 0 Å². The van der Waals surface area contributed by atoms with E-state index < -0.39 is 0 Å². The molecule has 1 amide bonds. The molecule has 0 radical (unpaired) electrons. The number of rotatable bonds is 7. The predicted octanol–water partition coefficient (Wildman–Crippen LogP) is 2.72. The Labute approximate surface area is 169 Å². The Morgan fingerprint density at radius 1 is 1.39 bits per heavy atom. The van der Waals surface area contributed by atoms with E-state index in [0.717, 1.165) is 43.1 Å². The summed E-state index contributed by atoms with van der Waals surface area (Å²) in [6.45, 7) is 5.41. The number of aromatic nitrogens is 4. The van der Waals surface area contributed by atoms with Crippen LogP contribution in [0.3, 0.4) is 0 Å². The molecule has 1 fully saturated rings. The zero-order chi connectivity index (χ0) is 20.1. The minimum Gasteiger partial charge on any atom is -0.331 e. The van der Waals surface area contributed by atoms with E-state index in [4.69, 9.17) is 0 Å². The summed E-state index contributed by atoms with van der Waals surface area (Å²) in [5, 5.41) is 13.2. The number of amides is 1. The maximum Gasteiger partial charge on any atom is 0.246 e. The molecule has 0 unspecified atom stereocenters. The highest BCUT2D eigenvalue weighted by Gasteiger charge is 2.30. The summed E-state index contributed by atoms with van der Waals surface area (Å²) >= 11 is 1.52. The standard InChI is InChI=1S/C19H27N7OS/c1-5-17-23-24-19(28-17)22-16-12-14(20-13(2)21-16)15-8-6-11-26(15)18(27)9-7-10-25(3)4/h7,9,12,15H,5-6,8,10-11H2,1-4H3,(H,20,21,22,24)/b9-7+/t15-/m1/s1. The number of likely N-dealkylation sites (tertiary alicyclic amines) is 1. The van der Waals surface area contributed by atoms with E-state index >= 15 is 0 Å². The van der Waals surface area contributed by atoms with Crippen molar-refractivity contribution in [1.29, 1.82) is 0 Å². The number of likely N-dealkylation sites (N-methyl/N-ethyl adjacent to an activating group) is 1. The van der Waals surface area contributed by atoms with Crippen molar-refractivity contribution in [2.24, 2.45) is 0 Å². The second-order valence-electron chi connectivity index (χ2n) is 7.06. The molecule has 1 N–H and O–H groups in total. The molecule has 0 spiro atoms. The molecule has 8 nitrogen and oxygen atoms in total. The Bertz CT molecular complexity index is 849. The molecule has 0 saturated carbocycles. The summed E-state index contributed by atoms with van der Waals surface area (Å²) in [4.78, 5) is 25.7. The number of anilines is 2. The Morgan fingerprint density at radius 2 is 2.21 bits per heavy atom. The van der Waals surface area contributed by atoms with Gasteiger partial charge in [0.05, 0.1) is 11.7 Å². The second kappa shape index (κ2) is 9.20. The average molecular weight is 402 g/mol. The molecule has 0 bridgehead atoms. The van der Waals surface area contributed by atoms with Gasteiger partial charge in [0, 0.05) is 25.2 Å². The van der Waals surface area contributed by atoms with Gasteiger partial charge >= 0.3 is 0 Å². The summed E-state index contributed by atoms with van der Waals surface area (Å²) in [7, 11) is 3.96. The topological polar surface area (TPSA) is 87.1 Å². The number of nitrogens with zero attached hydrogens (tertiary/aromatic N) is 6. The molecule has 3 heterocycles. The molecule has 2 aromatic rings. The lowest BCUT2D eigenvalue weighted by Crippen LogP contribution is -2.30. The van der Waals surface area contributed by atoms with Gasteiger partial charge in [0.15, 0.2) is 0 Å². The normalized spacial score (nSPS) is 17.0. The minimum atomic E-state index is -0.0284. The lowest BCUT2D eigenvalue weighted by atomic mass is 10.1. The molecular formula is C19H27N7OS. The molecule has 1 aliphatic rings. The van der Waals surface area contributed by atoms with Crippen molar-refractivity contribution < 1.29 is 4.79 Å². The fraction of sp³-hybridized carbons (Fsp3) is 0.526. The lowest BCUT2D eigenvalue weighted by Gasteiger charge is -2.23. The van der Waals surface area contributed by atoms with Crippen LogP contribution in [0.5, 0.6) is 0 Å². The summed E-state index contributed by atoms with van der Waals surface area (Å²) in [5.74, 6) is 1.39. The van der Waals surface area contributed by atoms with Crippen LogP contribution >= 0.6 is 11.3 Å². The third kappa shape index (κ3) is 5.11. The zero-order valence-electron chi connectivity index (χ0n) is 16.8. The van der Waals surface area contributed by atoms with Crippen LogP contribution in [0.4, 0.5) is 10.9 Å². The van der Waals surface area contributed by atoms with Crippen molar-refractivity contribution in [3.63, 3.8) is 0 Å². The molecule has 1 saturated heterocycles. The maximum atomic E-state index is 12.7. The first kappa shape index (κ1) is 20.3. The van der Waals surface area contributed by atoms with Crippen molar-refractivity contribution in [2.75, 3.05) is 32.5 Å². The van der Waals surface area contributed by atoms with Gasteiger partial charge in [-0.15, -0.1) is 10.2 Å². The minimum absolute atomic E-state index is 0.0284. The number of nitrogens with one attached hydrogen (secondary N) is 1. The number of carbonyl (C=O) groups is 1. The zero-order valence-corrected chi connectivity index (χ0v) is 17.7. The number of hydrogen-bond donors (Lipinski definition) is 1. The molecule has 28 heavy (non-hydrogen) atoms. The van der Waals surface area contributed by atoms with Crippen molar-refractivity contribution in [3.8, 4) is 0 Å². The van der Waals surface area contributed by atoms with E-state index in [1.54, 1.807) is 6.08 Å². The highest BCUT2D eigenvalue weighted by molar-refractivity contribution is 7.15. The first-order valence-electron chi connectivity index (χ1n) is 9.53. The van der Waals surface area contributed by atoms with Gasteiger partial charge in [0.2, 0.25) is 11.0 Å². The monoisotopic (exact) mass is 401 g/mol. The van der Waals surface area contributed by atoms with Gasteiger partial charge in [-0.1, -0.05) is 24.3 Å². The van der Waals surface area contributed by atoms with Crippen LogP contribution < -0.4 is 5.32 Å². The fourth-order valence-electron chi connectivity index (χ4n) is 3.18. The van der Waals surface area contributed by atoms with Gasteiger partial charge in [-0.2, -0.15) is 0 Å². The van der Waals surface area contributed by atoms with E-state index in [0.29, 0.717) is 16.8 Å². The Hall–Kier alpha value is -2.39. The van der Waals surface area contributed by atoms with Crippen molar-refractivity contribution >= 4 is 28.2 Å². The van der Waals surface area contributed by atoms with E-state index in [1.165, 1.54) is 11.3 Å². The molecule has 150 valence electrons. The van der Waals surface area contributed by atoms with Gasteiger partial charge < -0.3 is 15.1 Å². The summed E-state index contributed by atoms with van der Waals surface area (Å²) in [6, 6.07) is 1.89. The molecule has 9 heteroatoms. The second-order valence-corrected chi connectivity index (χ2v) is 8.12. The highest BCUT2D eigenvalue weighted by Crippen LogP contribution is 2.32. The van der Waals surface area contributed by atoms with Gasteiger partial charge in [-0.05, 0) is 40.3 Å². The largest absolute Gasteiger partial charge is 0.331 e. The van der Waals surface area contributed by atoms with Gasteiger partial charge in [-0.25, -0.2) is 9.97 Å². The summed E-state index contributed by atoms with van der Waals surface area (Å²) < 4.78 is 0. The number of carbonyl (C=O) groups excluding carboxylic acids is 1. The van der Waals surface area contributed by atoms with Crippen molar-refractivity contribution in [2.45, 2.75) is 39.2 Å². The third-order valence-electron chi connectivity index (χ3n) is 4.47. The quantitative estimate of drug-likeness (QED) is 0.714.